The highest BCUT2D eigenvalue weighted by atomic mass is 19.1. The zero-order valence-electron chi connectivity index (χ0n) is 15.9. The Labute approximate surface area is 163 Å². The number of likely N-dealkylation sites (N-methyl/N-ethyl adjacent to an activating group) is 1. The molecule has 6 nitrogen and oxygen atoms in total. The number of rotatable bonds is 8. The highest BCUT2D eigenvalue weighted by molar-refractivity contribution is 5.91. The van der Waals surface area contributed by atoms with Crippen LogP contribution in [0.3, 0.4) is 0 Å². The first kappa shape index (κ1) is 21.1. The fraction of sp³-hybridized carbons (Fsp3) is 0.286. The second-order valence-corrected chi connectivity index (χ2v) is 6.22. The Morgan fingerprint density at radius 1 is 1.07 bits per heavy atom. The molecule has 0 aliphatic heterocycles. The van der Waals surface area contributed by atoms with Crippen LogP contribution >= 0.6 is 0 Å². The minimum absolute atomic E-state index is 0.138. The Bertz CT molecular complexity index is 837. The maximum Gasteiger partial charge on any atom is 0.338 e. The van der Waals surface area contributed by atoms with Gasteiger partial charge < -0.3 is 15.0 Å². The van der Waals surface area contributed by atoms with Gasteiger partial charge in [-0.2, -0.15) is 0 Å². The number of amides is 2. The first-order valence-electron chi connectivity index (χ1n) is 8.91. The van der Waals surface area contributed by atoms with Gasteiger partial charge in [0, 0.05) is 26.6 Å². The van der Waals surface area contributed by atoms with Crippen molar-refractivity contribution in [1.82, 2.24) is 10.2 Å². The highest BCUT2D eigenvalue weighted by Crippen LogP contribution is 2.09. The summed E-state index contributed by atoms with van der Waals surface area (Å²) in [5.41, 5.74) is 1.82. The van der Waals surface area contributed by atoms with Crippen LogP contribution in [-0.4, -0.2) is 35.8 Å². The molecule has 0 aromatic heterocycles. The molecule has 1 N–H and O–H groups in total. The van der Waals surface area contributed by atoms with Gasteiger partial charge in [0.15, 0.2) is 6.61 Å². The third kappa shape index (κ3) is 6.50. The largest absolute Gasteiger partial charge is 0.452 e. The maximum absolute atomic E-state index is 13.3. The van der Waals surface area contributed by atoms with Gasteiger partial charge in [-0.25, -0.2) is 9.18 Å². The van der Waals surface area contributed by atoms with Crippen LogP contribution in [0.1, 0.15) is 35.3 Å². The minimum atomic E-state index is -0.610. The summed E-state index contributed by atoms with van der Waals surface area (Å²) in [6.07, 6.45) is 0. The normalized spacial score (nSPS) is 10.2. The van der Waals surface area contributed by atoms with Crippen molar-refractivity contribution < 1.29 is 23.5 Å². The molecule has 0 saturated heterocycles. The zero-order valence-corrected chi connectivity index (χ0v) is 15.9. The van der Waals surface area contributed by atoms with E-state index in [0.29, 0.717) is 24.2 Å². The molecule has 148 valence electrons. The maximum atomic E-state index is 13.3. The van der Waals surface area contributed by atoms with Gasteiger partial charge in [0.1, 0.15) is 5.82 Å². The first-order valence-corrected chi connectivity index (χ1v) is 8.91. The molecule has 28 heavy (non-hydrogen) atoms. The third-order valence-corrected chi connectivity index (χ3v) is 4.05. The van der Waals surface area contributed by atoms with Gasteiger partial charge in [-0.1, -0.05) is 24.3 Å². The van der Waals surface area contributed by atoms with E-state index in [1.807, 2.05) is 0 Å². The summed E-state index contributed by atoms with van der Waals surface area (Å²) in [6, 6.07) is 12.6. The molecular formula is C21H23FN2O4. The van der Waals surface area contributed by atoms with Crippen molar-refractivity contribution in [1.29, 1.82) is 0 Å². The smallest absolute Gasteiger partial charge is 0.338 e. The van der Waals surface area contributed by atoms with Crippen molar-refractivity contribution >= 4 is 17.8 Å². The van der Waals surface area contributed by atoms with Gasteiger partial charge in [-0.15, -0.1) is 0 Å². The molecule has 7 heteroatoms. The fourth-order valence-corrected chi connectivity index (χ4v) is 2.52. The lowest BCUT2D eigenvalue weighted by Gasteiger charge is -2.21. The van der Waals surface area contributed by atoms with Crippen LogP contribution in [0.2, 0.25) is 0 Å². The van der Waals surface area contributed by atoms with E-state index in [1.54, 1.807) is 43.3 Å². The lowest BCUT2D eigenvalue weighted by Crippen LogP contribution is -2.34. The highest BCUT2D eigenvalue weighted by Gasteiger charge is 2.16. The summed E-state index contributed by atoms with van der Waals surface area (Å²) in [6.45, 7) is 3.85. The van der Waals surface area contributed by atoms with Crippen LogP contribution in [-0.2, 0) is 27.4 Å². The summed E-state index contributed by atoms with van der Waals surface area (Å²) in [5, 5.41) is 2.66. The van der Waals surface area contributed by atoms with Crippen LogP contribution in [0.4, 0.5) is 4.39 Å². The van der Waals surface area contributed by atoms with Crippen LogP contribution in [0.5, 0.6) is 0 Å². The van der Waals surface area contributed by atoms with Crippen LogP contribution in [0.15, 0.2) is 48.5 Å². The van der Waals surface area contributed by atoms with Gasteiger partial charge in [-0.05, 0) is 42.3 Å². The number of hydrogen-bond donors (Lipinski definition) is 1. The molecule has 0 fully saturated rings. The molecule has 0 spiro atoms. The first-order chi connectivity index (χ1) is 13.4. The standard InChI is InChI=1S/C21H23FN2O4/c1-3-24(13-17-5-4-6-19(22)11-17)20(26)14-28-21(27)18-9-7-16(8-10-18)12-23-15(2)25/h4-11H,3,12-14H2,1-2H3,(H,23,25). The second kappa shape index (κ2) is 10.2. The summed E-state index contributed by atoms with van der Waals surface area (Å²) >= 11 is 0. The number of carbonyl (C=O) groups is 3. The van der Waals surface area contributed by atoms with Crippen molar-refractivity contribution in [2.45, 2.75) is 26.9 Å². The zero-order chi connectivity index (χ0) is 20.5. The fourth-order valence-electron chi connectivity index (χ4n) is 2.52. The third-order valence-electron chi connectivity index (χ3n) is 4.05. The van der Waals surface area contributed by atoms with Crippen molar-refractivity contribution in [3.8, 4) is 0 Å². The van der Waals surface area contributed by atoms with Crippen LogP contribution in [0, 0.1) is 5.82 Å². The number of nitrogens with one attached hydrogen (secondary N) is 1. The SMILES string of the molecule is CCN(Cc1cccc(F)c1)C(=O)COC(=O)c1ccc(CNC(C)=O)cc1. The van der Waals surface area contributed by atoms with E-state index < -0.39 is 12.6 Å². The minimum Gasteiger partial charge on any atom is -0.452 e. The molecule has 0 unspecified atom stereocenters. The van der Waals surface area contributed by atoms with E-state index >= 15 is 0 Å². The second-order valence-electron chi connectivity index (χ2n) is 6.22. The molecule has 2 amide bonds. The Morgan fingerprint density at radius 2 is 1.79 bits per heavy atom. The summed E-state index contributed by atoms with van der Waals surface area (Å²) in [7, 11) is 0. The van der Waals surface area contributed by atoms with E-state index in [-0.39, 0.29) is 24.2 Å². The molecule has 0 aliphatic rings. The predicted octanol–water partition coefficient (Wildman–Crippen LogP) is 2.67. The Kier molecular flexibility index (Phi) is 7.68. The Hall–Kier alpha value is -3.22. The molecule has 2 aromatic rings. The van der Waals surface area contributed by atoms with Crippen molar-refractivity contribution in [2.24, 2.45) is 0 Å². The van der Waals surface area contributed by atoms with Gasteiger partial charge in [0.05, 0.1) is 5.56 Å². The molecular weight excluding hydrogens is 363 g/mol. The molecule has 0 heterocycles. The lowest BCUT2D eigenvalue weighted by molar-refractivity contribution is -0.135. The summed E-state index contributed by atoms with van der Waals surface area (Å²) < 4.78 is 18.4. The number of esters is 1. The van der Waals surface area contributed by atoms with Crippen LogP contribution in [0.25, 0.3) is 0 Å². The molecule has 0 aliphatic carbocycles. The number of ether oxygens (including phenoxy) is 1. The number of benzene rings is 2. The van der Waals surface area contributed by atoms with Gasteiger partial charge in [0.25, 0.3) is 5.91 Å². The monoisotopic (exact) mass is 386 g/mol. The molecule has 0 atom stereocenters. The van der Waals surface area contributed by atoms with Crippen molar-refractivity contribution in [3.63, 3.8) is 0 Å². The molecule has 0 radical (unpaired) electrons. The Balaban J connectivity index is 1.88. The topological polar surface area (TPSA) is 75.7 Å². The van der Waals surface area contributed by atoms with E-state index in [9.17, 15) is 18.8 Å². The Morgan fingerprint density at radius 3 is 2.39 bits per heavy atom. The number of nitrogens with zero attached hydrogens (tertiary/aromatic N) is 1. The molecule has 0 saturated carbocycles. The van der Waals surface area contributed by atoms with Crippen molar-refractivity contribution in [2.75, 3.05) is 13.2 Å². The molecule has 0 bridgehead atoms. The van der Waals surface area contributed by atoms with Gasteiger partial charge in [-0.3, -0.25) is 9.59 Å². The molecule has 2 aromatic carbocycles. The summed E-state index contributed by atoms with van der Waals surface area (Å²) in [5.74, 6) is -1.47. The number of hydrogen-bond acceptors (Lipinski definition) is 4. The van der Waals surface area contributed by atoms with E-state index in [0.717, 1.165) is 5.56 Å². The predicted molar refractivity (Wildman–Crippen MR) is 102 cm³/mol. The van der Waals surface area contributed by atoms with Crippen LogP contribution < -0.4 is 5.32 Å². The molecule has 2 rings (SSSR count). The lowest BCUT2D eigenvalue weighted by atomic mass is 10.1. The number of carbonyl (C=O) groups excluding carboxylic acids is 3. The van der Waals surface area contributed by atoms with Gasteiger partial charge >= 0.3 is 5.97 Å². The van der Waals surface area contributed by atoms with E-state index in [4.69, 9.17) is 4.74 Å². The average molecular weight is 386 g/mol. The van der Waals surface area contributed by atoms with Gasteiger partial charge in [0.2, 0.25) is 5.91 Å². The average Bonchev–Trinajstić information content (AvgIpc) is 2.68. The number of halogens is 1. The van der Waals surface area contributed by atoms with E-state index in [2.05, 4.69) is 5.32 Å². The van der Waals surface area contributed by atoms with Crippen molar-refractivity contribution in [3.05, 3.63) is 71.0 Å². The quantitative estimate of drug-likeness (QED) is 0.708. The summed E-state index contributed by atoms with van der Waals surface area (Å²) in [4.78, 5) is 36.8. The van der Waals surface area contributed by atoms with E-state index in [1.165, 1.54) is 24.0 Å².